The van der Waals surface area contributed by atoms with Crippen molar-refractivity contribution in [1.82, 2.24) is 5.16 Å². The Morgan fingerprint density at radius 1 is 1.39 bits per heavy atom. The maximum Gasteiger partial charge on any atom is 0.267 e. The summed E-state index contributed by atoms with van der Waals surface area (Å²) in [5.41, 5.74) is 1.66. The summed E-state index contributed by atoms with van der Waals surface area (Å²) < 4.78 is 4.90. The Balaban J connectivity index is 2.13. The molecule has 1 amide bonds. The van der Waals surface area contributed by atoms with E-state index in [2.05, 4.69) is 15.8 Å². The van der Waals surface area contributed by atoms with E-state index in [0.29, 0.717) is 17.3 Å². The average molecular weight is 310 g/mol. The topological polar surface area (TPSA) is 91.0 Å². The second-order valence-corrected chi connectivity index (χ2v) is 5.33. The highest BCUT2D eigenvalue weighted by atomic mass is 16.5. The lowest BCUT2D eigenvalue weighted by molar-refractivity contribution is -0.112. The molecule has 0 aliphatic rings. The van der Waals surface area contributed by atoms with Crippen molar-refractivity contribution in [2.45, 2.75) is 26.7 Å². The van der Waals surface area contributed by atoms with Crippen LogP contribution < -0.4 is 10.6 Å². The number of amides is 1. The van der Waals surface area contributed by atoms with Crippen LogP contribution in [0.2, 0.25) is 0 Å². The fourth-order valence-corrected chi connectivity index (χ4v) is 2.03. The summed E-state index contributed by atoms with van der Waals surface area (Å²) in [5.74, 6) is 0.853. The van der Waals surface area contributed by atoms with Gasteiger partial charge in [-0.05, 0) is 24.5 Å². The molecule has 1 aromatic carbocycles. The first kappa shape index (κ1) is 16.3. The van der Waals surface area contributed by atoms with Crippen molar-refractivity contribution in [3.05, 3.63) is 53.4 Å². The molecule has 1 aromatic heterocycles. The quantitative estimate of drug-likeness (QED) is 0.651. The number of aromatic nitrogens is 1. The smallest absolute Gasteiger partial charge is 0.267 e. The van der Waals surface area contributed by atoms with Crippen LogP contribution in [0.25, 0.3) is 0 Å². The van der Waals surface area contributed by atoms with Crippen LogP contribution in [-0.4, -0.2) is 11.1 Å². The number of rotatable bonds is 5. The van der Waals surface area contributed by atoms with Crippen LogP contribution in [0.15, 0.2) is 46.6 Å². The molecule has 2 rings (SSSR count). The lowest BCUT2D eigenvalue weighted by Gasteiger charge is -2.13. The fourth-order valence-electron chi connectivity index (χ4n) is 2.03. The molecule has 2 aromatic rings. The highest BCUT2D eigenvalue weighted by Gasteiger charge is 2.13. The lowest BCUT2D eigenvalue weighted by atomic mass is 10.0. The predicted octanol–water partition coefficient (Wildman–Crippen LogP) is 3.56. The van der Waals surface area contributed by atoms with Crippen LogP contribution in [0.4, 0.5) is 11.5 Å². The van der Waals surface area contributed by atoms with Crippen LogP contribution in [0.5, 0.6) is 0 Å². The van der Waals surface area contributed by atoms with Crippen molar-refractivity contribution >= 4 is 17.4 Å². The summed E-state index contributed by atoms with van der Waals surface area (Å²) in [4.78, 5) is 12.3. The number of nitrogens with one attached hydrogen (secondary N) is 2. The van der Waals surface area contributed by atoms with E-state index in [1.807, 2.05) is 44.2 Å². The van der Waals surface area contributed by atoms with Crippen LogP contribution in [0, 0.1) is 18.3 Å². The molecular weight excluding hydrogens is 292 g/mol. The SMILES string of the molecule is Cc1cc(N/C=C(/C#N)C(=O)Nc2ccccc2C(C)C)no1. The molecule has 0 spiro atoms. The van der Waals surface area contributed by atoms with Gasteiger partial charge in [-0.2, -0.15) is 5.26 Å². The molecule has 23 heavy (non-hydrogen) atoms. The molecule has 0 saturated heterocycles. The van der Waals surface area contributed by atoms with Crippen molar-refractivity contribution < 1.29 is 9.32 Å². The van der Waals surface area contributed by atoms with Gasteiger partial charge in [0, 0.05) is 18.0 Å². The largest absolute Gasteiger partial charge is 0.360 e. The molecule has 0 bridgehead atoms. The van der Waals surface area contributed by atoms with E-state index < -0.39 is 5.91 Å². The highest BCUT2D eigenvalue weighted by molar-refractivity contribution is 6.07. The van der Waals surface area contributed by atoms with Crippen molar-refractivity contribution in [1.29, 1.82) is 5.26 Å². The van der Waals surface area contributed by atoms with Crippen molar-refractivity contribution in [2.75, 3.05) is 10.6 Å². The Hall–Kier alpha value is -3.07. The average Bonchev–Trinajstić information content (AvgIpc) is 2.93. The Kier molecular flexibility index (Phi) is 5.15. The van der Waals surface area contributed by atoms with Gasteiger partial charge in [-0.1, -0.05) is 37.2 Å². The molecule has 1 heterocycles. The number of hydrogen-bond acceptors (Lipinski definition) is 5. The first-order valence-corrected chi connectivity index (χ1v) is 7.21. The van der Waals surface area contributed by atoms with Gasteiger partial charge in [0.15, 0.2) is 5.82 Å². The summed E-state index contributed by atoms with van der Waals surface area (Å²) in [6.45, 7) is 5.84. The normalized spacial score (nSPS) is 11.2. The fraction of sp³-hybridized carbons (Fsp3) is 0.235. The second kappa shape index (κ2) is 7.27. The molecule has 0 aliphatic carbocycles. The van der Waals surface area contributed by atoms with Crippen molar-refractivity contribution in [3.63, 3.8) is 0 Å². The van der Waals surface area contributed by atoms with Gasteiger partial charge in [0.1, 0.15) is 17.4 Å². The van der Waals surface area contributed by atoms with Gasteiger partial charge in [0.2, 0.25) is 0 Å². The summed E-state index contributed by atoms with van der Waals surface area (Å²) in [6.07, 6.45) is 1.31. The maximum atomic E-state index is 12.3. The third kappa shape index (κ3) is 4.20. The van der Waals surface area contributed by atoms with E-state index in [1.54, 1.807) is 13.0 Å². The standard InChI is InChI=1S/C17H18N4O2/c1-11(2)14-6-4-5-7-15(14)20-17(22)13(9-18)10-19-16-8-12(3)23-21-16/h4-8,10-11H,1-3H3,(H,19,21)(H,20,22)/b13-10-. The van der Waals surface area contributed by atoms with Gasteiger partial charge in [-0.25, -0.2) is 0 Å². The summed E-state index contributed by atoms with van der Waals surface area (Å²) in [5, 5.41) is 18.4. The molecule has 118 valence electrons. The number of anilines is 2. The first-order valence-electron chi connectivity index (χ1n) is 7.21. The minimum Gasteiger partial charge on any atom is -0.360 e. The molecule has 0 aliphatic heterocycles. The zero-order valence-corrected chi connectivity index (χ0v) is 13.3. The third-order valence-electron chi connectivity index (χ3n) is 3.19. The van der Waals surface area contributed by atoms with Gasteiger partial charge >= 0.3 is 0 Å². The van der Waals surface area contributed by atoms with Gasteiger partial charge < -0.3 is 15.2 Å². The second-order valence-electron chi connectivity index (χ2n) is 5.33. The van der Waals surface area contributed by atoms with Gasteiger partial charge in [0.05, 0.1) is 0 Å². The molecule has 2 N–H and O–H groups in total. The van der Waals surface area contributed by atoms with Gasteiger partial charge in [-0.3, -0.25) is 4.79 Å². The number of carbonyl (C=O) groups excluding carboxylic acids is 1. The molecule has 0 fully saturated rings. The van der Waals surface area contributed by atoms with Crippen LogP contribution in [0.1, 0.15) is 31.1 Å². The minimum atomic E-state index is -0.478. The number of aryl methyl sites for hydroxylation is 1. The van der Waals surface area contributed by atoms with Gasteiger partial charge in [0.25, 0.3) is 5.91 Å². The Morgan fingerprint density at radius 3 is 2.74 bits per heavy atom. The van der Waals surface area contributed by atoms with Crippen LogP contribution in [-0.2, 0) is 4.79 Å². The number of nitriles is 1. The lowest BCUT2D eigenvalue weighted by Crippen LogP contribution is -2.16. The molecule has 6 heteroatoms. The molecule has 0 unspecified atom stereocenters. The predicted molar refractivity (Wildman–Crippen MR) is 87.7 cm³/mol. The zero-order valence-electron chi connectivity index (χ0n) is 13.3. The molecule has 6 nitrogen and oxygen atoms in total. The van der Waals surface area contributed by atoms with E-state index >= 15 is 0 Å². The van der Waals surface area contributed by atoms with E-state index in [1.165, 1.54) is 6.20 Å². The monoisotopic (exact) mass is 310 g/mol. The number of nitrogens with zero attached hydrogens (tertiary/aromatic N) is 2. The van der Waals surface area contributed by atoms with Crippen LogP contribution in [0.3, 0.4) is 0 Å². The number of carbonyl (C=O) groups is 1. The highest BCUT2D eigenvalue weighted by Crippen LogP contribution is 2.24. The molecular formula is C17H18N4O2. The summed E-state index contributed by atoms with van der Waals surface area (Å²) in [7, 11) is 0. The first-order chi connectivity index (χ1) is 11.0. The maximum absolute atomic E-state index is 12.3. The number of hydrogen-bond donors (Lipinski definition) is 2. The molecule has 0 radical (unpaired) electrons. The minimum absolute atomic E-state index is 0.0517. The Bertz CT molecular complexity index is 769. The van der Waals surface area contributed by atoms with E-state index in [-0.39, 0.29) is 11.5 Å². The zero-order chi connectivity index (χ0) is 16.8. The number of benzene rings is 1. The van der Waals surface area contributed by atoms with E-state index in [0.717, 1.165) is 5.56 Å². The summed E-state index contributed by atoms with van der Waals surface area (Å²) >= 11 is 0. The Labute approximate surface area is 134 Å². The summed E-state index contributed by atoms with van der Waals surface area (Å²) in [6, 6.07) is 11.1. The van der Waals surface area contributed by atoms with Gasteiger partial charge in [-0.15, -0.1) is 0 Å². The van der Waals surface area contributed by atoms with E-state index in [9.17, 15) is 10.1 Å². The third-order valence-corrected chi connectivity index (χ3v) is 3.19. The molecule has 0 atom stereocenters. The number of para-hydroxylation sites is 1. The van der Waals surface area contributed by atoms with Crippen LogP contribution >= 0.6 is 0 Å². The van der Waals surface area contributed by atoms with Crippen molar-refractivity contribution in [3.8, 4) is 6.07 Å². The Morgan fingerprint density at radius 2 is 2.13 bits per heavy atom. The van der Waals surface area contributed by atoms with E-state index in [4.69, 9.17) is 4.52 Å². The van der Waals surface area contributed by atoms with Crippen molar-refractivity contribution in [2.24, 2.45) is 0 Å². The molecule has 0 saturated carbocycles.